The van der Waals surface area contributed by atoms with E-state index in [4.69, 9.17) is 33.7 Å². The molecule has 160 valence electrons. The van der Waals surface area contributed by atoms with Gasteiger partial charge in [0.05, 0.1) is 34.8 Å². The molecule has 32 heavy (non-hydrogen) atoms. The summed E-state index contributed by atoms with van der Waals surface area (Å²) in [7, 11) is 1.24. The summed E-state index contributed by atoms with van der Waals surface area (Å²) >= 11 is 13.7. The number of ether oxygens (including phenoxy) is 1. The number of hydrogen-bond acceptors (Lipinski definition) is 6. The Hall–Kier alpha value is -3.31. The minimum Gasteiger partial charge on any atom is -0.466 e. The van der Waals surface area contributed by atoms with Crippen molar-refractivity contribution in [3.05, 3.63) is 94.8 Å². The summed E-state index contributed by atoms with van der Waals surface area (Å²) in [5, 5.41) is 10.7. The normalized spacial score (nSPS) is 16.0. The lowest BCUT2D eigenvalue weighted by Gasteiger charge is -2.25. The highest BCUT2D eigenvalue weighted by atomic mass is 35.5. The van der Waals surface area contributed by atoms with Gasteiger partial charge in [0.2, 0.25) is 0 Å². The van der Waals surface area contributed by atoms with Crippen molar-refractivity contribution in [2.45, 2.75) is 5.92 Å². The number of rotatable bonds is 3. The van der Waals surface area contributed by atoms with E-state index in [1.165, 1.54) is 11.7 Å². The Morgan fingerprint density at radius 1 is 1.19 bits per heavy atom. The third kappa shape index (κ3) is 3.53. The van der Waals surface area contributed by atoms with Gasteiger partial charge in [-0.1, -0.05) is 59.6 Å². The zero-order chi connectivity index (χ0) is 23.0. The van der Waals surface area contributed by atoms with Gasteiger partial charge in [0, 0.05) is 10.0 Å². The molecule has 2 N–H and O–H groups in total. The van der Waals surface area contributed by atoms with E-state index in [0.717, 1.165) is 11.3 Å². The van der Waals surface area contributed by atoms with Gasteiger partial charge < -0.3 is 10.5 Å². The van der Waals surface area contributed by atoms with E-state index < -0.39 is 17.4 Å². The summed E-state index contributed by atoms with van der Waals surface area (Å²) < 4.78 is 6.77. The maximum atomic E-state index is 13.3. The van der Waals surface area contributed by atoms with Gasteiger partial charge in [-0.2, -0.15) is 5.26 Å². The zero-order valence-electron chi connectivity index (χ0n) is 16.6. The van der Waals surface area contributed by atoms with E-state index in [-0.39, 0.29) is 21.6 Å². The standard InChI is InChI=1S/C23H15Cl2N3O3S/c1-31-23(30)19-18(13-7-3-5-9-16(13)25)14(11-26)20(27)28-21(29)17(32-22(19)28)10-12-6-2-4-8-15(12)24/h2-10,18H,27H2,1H3/b17-10-/t18-/m1/s1. The Labute approximate surface area is 196 Å². The number of thiazole rings is 1. The first-order valence-corrected chi connectivity index (χ1v) is 10.9. The lowest BCUT2D eigenvalue weighted by Crippen LogP contribution is -2.40. The van der Waals surface area contributed by atoms with E-state index in [2.05, 4.69) is 6.07 Å². The van der Waals surface area contributed by atoms with Gasteiger partial charge in [-0.15, -0.1) is 11.3 Å². The van der Waals surface area contributed by atoms with E-state index in [0.29, 0.717) is 25.7 Å². The van der Waals surface area contributed by atoms with Crippen molar-refractivity contribution in [2.75, 3.05) is 7.11 Å². The van der Waals surface area contributed by atoms with E-state index in [1.807, 2.05) is 0 Å². The van der Waals surface area contributed by atoms with Crippen LogP contribution in [0.5, 0.6) is 0 Å². The van der Waals surface area contributed by atoms with Crippen molar-refractivity contribution in [3.8, 4) is 6.07 Å². The third-order valence-corrected chi connectivity index (χ3v) is 6.88. The molecule has 0 saturated carbocycles. The number of nitrogens with zero attached hydrogens (tertiary/aromatic N) is 2. The summed E-state index contributed by atoms with van der Waals surface area (Å²) in [6.07, 6.45) is 1.62. The van der Waals surface area contributed by atoms with Crippen LogP contribution in [0.3, 0.4) is 0 Å². The van der Waals surface area contributed by atoms with E-state index in [1.54, 1.807) is 54.6 Å². The van der Waals surface area contributed by atoms with Crippen LogP contribution in [0.1, 0.15) is 17.0 Å². The number of nitriles is 1. The summed E-state index contributed by atoms with van der Waals surface area (Å²) in [6.45, 7) is 0. The maximum Gasteiger partial charge on any atom is 0.337 e. The Balaban J connectivity index is 2.15. The molecule has 3 aromatic rings. The average Bonchev–Trinajstić information content (AvgIpc) is 3.11. The molecule has 0 spiro atoms. The van der Waals surface area contributed by atoms with Crippen molar-refractivity contribution < 1.29 is 9.53 Å². The van der Waals surface area contributed by atoms with Crippen LogP contribution in [0.25, 0.3) is 17.5 Å². The molecule has 4 rings (SSSR count). The van der Waals surface area contributed by atoms with Crippen LogP contribution >= 0.6 is 34.5 Å². The van der Waals surface area contributed by atoms with Gasteiger partial charge in [0.1, 0.15) is 10.5 Å². The summed E-state index contributed by atoms with van der Waals surface area (Å²) in [4.78, 5) is 26.2. The number of nitrogens with two attached hydrogens (primary N) is 1. The third-order valence-electron chi connectivity index (χ3n) is 5.08. The van der Waals surface area contributed by atoms with Crippen LogP contribution in [0.2, 0.25) is 10.0 Å². The fourth-order valence-corrected chi connectivity index (χ4v) is 5.20. The summed E-state index contributed by atoms with van der Waals surface area (Å²) in [5.41, 5.74) is 7.14. The fourth-order valence-electron chi connectivity index (χ4n) is 3.61. The molecule has 9 heteroatoms. The molecule has 0 radical (unpaired) electrons. The second-order valence-corrected chi connectivity index (χ2v) is 8.69. The van der Waals surface area contributed by atoms with Gasteiger partial charge in [0.25, 0.3) is 5.56 Å². The van der Waals surface area contributed by atoms with Crippen LogP contribution in [0.15, 0.2) is 58.9 Å². The molecule has 1 atom stereocenters. The lowest BCUT2D eigenvalue weighted by atomic mass is 9.84. The lowest BCUT2D eigenvalue weighted by molar-refractivity contribution is -0.134. The van der Waals surface area contributed by atoms with Crippen molar-refractivity contribution in [3.63, 3.8) is 0 Å². The first kappa shape index (κ1) is 21.9. The highest BCUT2D eigenvalue weighted by molar-refractivity contribution is 7.07. The molecule has 0 saturated heterocycles. The number of halogens is 2. The quantitative estimate of drug-likeness (QED) is 0.577. The first-order chi connectivity index (χ1) is 15.4. The Kier molecular flexibility index (Phi) is 5.94. The van der Waals surface area contributed by atoms with Crippen LogP contribution in [-0.2, 0) is 9.53 Å². The molecule has 0 bridgehead atoms. The Morgan fingerprint density at radius 3 is 2.47 bits per heavy atom. The number of esters is 1. The molecule has 0 unspecified atom stereocenters. The second kappa shape index (κ2) is 8.67. The SMILES string of the molecule is COC(=O)C1=c2s/c(=C\c3ccccc3Cl)c(=O)n2C(N)=C(C#N)[C@H]1c1ccccc1Cl. The van der Waals surface area contributed by atoms with Crippen LogP contribution < -0.4 is 20.5 Å². The summed E-state index contributed by atoms with van der Waals surface area (Å²) in [6, 6.07) is 16.0. The smallest absolute Gasteiger partial charge is 0.337 e. The Morgan fingerprint density at radius 2 is 1.84 bits per heavy atom. The average molecular weight is 484 g/mol. The van der Waals surface area contributed by atoms with Crippen LogP contribution in [0, 0.1) is 11.3 Å². The maximum absolute atomic E-state index is 13.3. The number of benzene rings is 2. The van der Waals surface area contributed by atoms with Gasteiger partial charge in [0.15, 0.2) is 0 Å². The molecule has 1 aliphatic heterocycles. The second-order valence-electron chi connectivity index (χ2n) is 6.85. The highest BCUT2D eigenvalue weighted by Gasteiger charge is 2.37. The predicted octanol–water partition coefficient (Wildman–Crippen LogP) is 2.82. The van der Waals surface area contributed by atoms with Crippen molar-refractivity contribution in [2.24, 2.45) is 5.73 Å². The minimum atomic E-state index is -0.882. The molecule has 0 amide bonds. The first-order valence-electron chi connectivity index (χ1n) is 9.34. The number of methoxy groups -OCH3 is 1. The molecule has 2 heterocycles. The van der Waals surface area contributed by atoms with Crippen molar-refractivity contribution >= 4 is 58.0 Å². The number of carbonyl (C=O) groups is 1. The van der Waals surface area contributed by atoms with Crippen LogP contribution in [0.4, 0.5) is 0 Å². The number of fused-ring (bicyclic) bond motifs is 1. The predicted molar refractivity (Wildman–Crippen MR) is 125 cm³/mol. The number of aromatic nitrogens is 1. The van der Waals surface area contributed by atoms with Gasteiger partial charge in [-0.05, 0) is 29.3 Å². The molecule has 6 nitrogen and oxygen atoms in total. The topological polar surface area (TPSA) is 98.1 Å². The molecule has 0 aliphatic carbocycles. The molecular formula is C23H15Cl2N3O3S. The molecule has 0 fully saturated rings. The number of allylic oxidation sites excluding steroid dienone is 1. The summed E-state index contributed by atoms with van der Waals surface area (Å²) in [5.74, 6) is -1.62. The van der Waals surface area contributed by atoms with Crippen molar-refractivity contribution in [1.29, 1.82) is 5.26 Å². The van der Waals surface area contributed by atoms with Gasteiger partial charge in [-0.25, -0.2) is 4.79 Å². The monoisotopic (exact) mass is 483 g/mol. The van der Waals surface area contributed by atoms with E-state index in [9.17, 15) is 14.9 Å². The molecule has 2 aromatic carbocycles. The minimum absolute atomic E-state index is 0.0372. The van der Waals surface area contributed by atoms with Crippen LogP contribution in [-0.4, -0.2) is 17.6 Å². The number of hydrogen-bond donors (Lipinski definition) is 1. The van der Waals surface area contributed by atoms with Gasteiger partial charge in [-0.3, -0.25) is 9.36 Å². The van der Waals surface area contributed by atoms with Crippen molar-refractivity contribution in [1.82, 2.24) is 4.57 Å². The largest absolute Gasteiger partial charge is 0.466 e. The van der Waals surface area contributed by atoms with E-state index >= 15 is 0 Å². The molecule has 1 aliphatic rings. The Bertz CT molecular complexity index is 1510. The molecule has 1 aromatic heterocycles. The van der Waals surface area contributed by atoms with Gasteiger partial charge >= 0.3 is 5.97 Å². The number of carbonyl (C=O) groups excluding carboxylic acids is 1. The molecular weight excluding hydrogens is 469 g/mol. The zero-order valence-corrected chi connectivity index (χ0v) is 19.0. The fraction of sp³-hybridized carbons (Fsp3) is 0.0870. The highest BCUT2D eigenvalue weighted by Crippen LogP contribution is 2.39.